The maximum atomic E-state index is 12.3. The number of hydrogen-bond donors (Lipinski definition) is 1. The first kappa shape index (κ1) is 15.0. The summed E-state index contributed by atoms with van der Waals surface area (Å²) in [4.78, 5) is 30.2. The molecule has 1 fully saturated rings. The van der Waals surface area contributed by atoms with Crippen molar-refractivity contribution in [2.45, 2.75) is 6.42 Å². The van der Waals surface area contributed by atoms with Crippen LogP contribution in [0.15, 0.2) is 48.7 Å². The fourth-order valence-corrected chi connectivity index (χ4v) is 2.56. The monoisotopic (exact) mass is 311 g/mol. The van der Waals surface area contributed by atoms with Crippen LogP contribution in [0.2, 0.25) is 0 Å². The molecule has 1 atom stereocenters. The van der Waals surface area contributed by atoms with Crippen molar-refractivity contribution in [2.75, 3.05) is 23.9 Å². The van der Waals surface area contributed by atoms with Gasteiger partial charge in [0, 0.05) is 24.7 Å². The number of nitrogens with one attached hydrogen (secondary N) is 1. The van der Waals surface area contributed by atoms with Gasteiger partial charge in [-0.25, -0.2) is 4.98 Å². The van der Waals surface area contributed by atoms with E-state index < -0.39 is 0 Å². The van der Waals surface area contributed by atoms with Crippen LogP contribution in [-0.2, 0) is 9.59 Å². The minimum Gasteiger partial charge on any atom is -0.481 e. The number of benzene rings is 1. The summed E-state index contributed by atoms with van der Waals surface area (Å²) >= 11 is 0. The number of anilines is 2. The van der Waals surface area contributed by atoms with Crippen molar-refractivity contribution in [1.29, 1.82) is 0 Å². The van der Waals surface area contributed by atoms with E-state index in [2.05, 4.69) is 10.3 Å². The molecule has 0 unspecified atom stereocenters. The molecular weight excluding hydrogens is 294 g/mol. The normalized spacial score (nSPS) is 17.2. The van der Waals surface area contributed by atoms with Crippen molar-refractivity contribution in [3.63, 3.8) is 0 Å². The Bertz CT molecular complexity index is 701. The van der Waals surface area contributed by atoms with Crippen molar-refractivity contribution in [1.82, 2.24) is 4.98 Å². The van der Waals surface area contributed by atoms with E-state index >= 15 is 0 Å². The molecule has 6 nitrogen and oxygen atoms in total. The van der Waals surface area contributed by atoms with E-state index in [1.165, 1.54) is 13.3 Å². The molecule has 1 aliphatic rings. The van der Waals surface area contributed by atoms with Crippen LogP contribution in [0.4, 0.5) is 11.4 Å². The highest BCUT2D eigenvalue weighted by Gasteiger charge is 2.35. The fourth-order valence-electron chi connectivity index (χ4n) is 2.56. The Morgan fingerprint density at radius 3 is 2.70 bits per heavy atom. The molecule has 1 aromatic heterocycles. The molecule has 1 saturated heterocycles. The Morgan fingerprint density at radius 2 is 2.04 bits per heavy atom. The molecule has 118 valence electrons. The summed E-state index contributed by atoms with van der Waals surface area (Å²) in [6.07, 6.45) is 1.74. The molecule has 2 heterocycles. The summed E-state index contributed by atoms with van der Waals surface area (Å²) in [5, 5.41) is 2.79. The molecule has 0 radical (unpaired) electrons. The van der Waals surface area contributed by atoms with Crippen LogP contribution in [-0.4, -0.2) is 30.5 Å². The average Bonchev–Trinajstić information content (AvgIpc) is 2.98. The smallest absolute Gasteiger partial charge is 0.229 e. The first-order chi connectivity index (χ1) is 11.2. The lowest BCUT2D eigenvalue weighted by Gasteiger charge is -2.16. The molecule has 1 aromatic carbocycles. The van der Waals surface area contributed by atoms with E-state index in [0.717, 1.165) is 5.69 Å². The third-order valence-corrected chi connectivity index (χ3v) is 3.78. The lowest BCUT2D eigenvalue weighted by molar-refractivity contribution is -0.122. The van der Waals surface area contributed by atoms with E-state index in [1.807, 2.05) is 30.3 Å². The minimum atomic E-state index is -0.371. The van der Waals surface area contributed by atoms with Crippen LogP contribution < -0.4 is 15.0 Å². The third kappa shape index (κ3) is 3.31. The van der Waals surface area contributed by atoms with Crippen LogP contribution >= 0.6 is 0 Å². The van der Waals surface area contributed by atoms with Crippen LogP contribution in [0.1, 0.15) is 6.42 Å². The minimum absolute atomic E-state index is 0.0378. The Labute approximate surface area is 134 Å². The van der Waals surface area contributed by atoms with Crippen molar-refractivity contribution >= 4 is 23.2 Å². The quantitative estimate of drug-likeness (QED) is 0.938. The number of hydrogen-bond acceptors (Lipinski definition) is 4. The van der Waals surface area contributed by atoms with Gasteiger partial charge in [0.2, 0.25) is 17.7 Å². The van der Waals surface area contributed by atoms with E-state index in [-0.39, 0.29) is 24.2 Å². The molecular formula is C17H17N3O3. The van der Waals surface area contributed by atoms with Gasteiger partial charge in [-0.3, -0.25) is 9.59 Å². The second-order valence-electron chi connectivity index (χ2n) is 5.32. The molecule has 0 bridgehead atoms. The van der Waals surface area contributed by atoms with Gasteiger partial charge in [0.05, 0.1) is 24.9 Å². The third-order valence-electron chi connectivity index (χ3n) is 3.78. The van der Waals surface area contributed by atoms with Crippen molar-refractivity contribution in [3.8, 4) is 5.88 Å². The zero-order chi connectivity index (χ0) is 16.2. The Balaban J connectivity index is 1.65. The van der Waals surface area contributed by atoms with Gasteiger partial charge in [-0.1, -0.05) is 18.2 Å². The Hall–Kier alpha value is -2.89. The lowest BCUT2D eigenvalue weighted by Crippen LogP contribution is -2.28. The predicted octanol–water partition coefficient (Wildman–Crippen LogP) is 2.08. The van der Waals surface area contributed by atoms with Crippen molar-refractivity contribution in [3.05, 3.63) is 48.7 Å². The summed E-state index contributed by atoms with van der Waals surface area (Å²) in [5.74, 6) is -0.105. The van der Waals surface area contributed by atoms with Crippen LogP contribution in [0.3, 0.4) is 0 Å². The Morgan fingerprint density at radius 1 is 1.26 bits per heavy atom. The van der Waals surface area contributed by atoms with Gasteiger partial charge in [-0.05, 0) is 18.2 Å². The van der Waals surface area contributed by atoms with Gasteiger partial charge >= 0.3 is 0 Å². The number of ether oxygens (including phenoxy) is 1. The summed E-state index contributed by atoms with van der Waals surface area (Å²) in [7, 11) is 1.53. The van der Waals surface area contributed by atoms with Crippen molar-refractivity contribution in [2.24, 2.45) is 5.92 Å². The van der Waals surface area contributed by atoms with E-state index in [1.54, 1.807) is 17.0 Å². The number of amides is 2. The van der Waals surface area contributed by atoms with Gasteiger partial charge in [-0.15, -0.1) is 0 Å². The molecule has 2 aromatic rings. The summed E-state index contributed by atoms with van der Waals surface area (Å²) in [5.41, 5.74) is 1.40. The molecule has 23 heavy (non-hydrogen) atoms. The molecule has 1 N–H and O–H groups in total. The number of pyridine rings is 1. The van der Waals surface area contributed by atoms with E-state index in [4.69, 9.17) is 4.74 Å². The number of para-hydroxylation sites is 1. The first-order valence-corrected chi connectivity index (χ1v) is 7.33. The van der Waals surface area contributed by atoms with Gasteiger partial charge in [0.1, 0.15) is 0 Å². The number of carbonyl (C=O) groups excluding carboxylic acids is 2. The van der Waals surface area contributed by atoms with Crippen LogP contribution in [0.5, 0.6) is 5.88 Å². The van der Waals surface area contributed by atoms with Gasteiger partial charge < -0.3 is 15.0 Å². The second-order valence-corrected chi connectivity index (χ2v) is 5.32. The SMILES string of the molecule is COc1ccc(NC(=O)[C@H]2CC(=O)N(c3ccccc3)C2)cn1. The zero-order valence-electron chi connectivity index (χ0n) is 12.7. The largest absolute Gasteiger partial charge is 0.481 e. The highest BCUT2D eigenvalue weighted by Crippen LogP contribution is 2.25. The van der Waals surface area contributed by atoms with Gasteiger partial charge in [0.25, 0.3) is 0 Å². The molecule has 0 aliphatic carbocycles. The number of nitrogens with zero attached hydrogens (tertiary/aromatic N) is 2. The number of rotatable bonds is 4. The number of aromatic nitrogens is 1. The molecule has 2 amide bonds. The van der Waals surface area contributed by atoms with E-state index in [9.17, 15) is 9.59 Å². The van der Waals surface area contributed by atoms with E-state index in [0.29, 0.717) is 18.1 Å². The Kier molecular flexibility index (Phi) is 4.23. The predicted molar refractivity (Wildman–Crippen MR) is 86.3 cm³/mol. The number of carbonyl (C=O) groups is 2. The summed E-state index contributed by atoms with van der Waals surface area (Å²) in [6, 6.07) is 12.8. The standard InChI is InChI=1S/C17H17N3O3/c1-23-15-8-7-13(10-18-15)19-17(22)12-9-16(21)20(11-12)14-5-3-2-4-6-14/h2-8,10,12H,9,11H2,1H3,(H,19,22)/t12-/m0/s1. The average molecular weight is 311 g/mol. The van der Waals surface area contributed by atoms with Gasteiger partial charge in [0.15, 0.2) is 0 Å². The molecule has 6 heteroatoms. The van der Waals surface area contributed by atoms with Crippen molar-refractivity contribution < 1.29 is 14.3 Å². The molecule has 3 rings (SSSR count). The maximum Gasteiger partial charge on any atom is 0.229 e. The van der Waals surface area contributed by atoms with Crippen LogP contribution in [0.25, 0.3) is 0 Å². The molecule has 1 aliphatic heterocycles. The first-order valence-electron chi connectivity index (χ1n) is 7.33. The topological polar surface area (TPSA) is 71.5 Å². The molecule has 0 saturated carbocycles. The molecule has 0 spiro atoms. The fraction of sp³-hybridized carbons (Fsp3) is 0.235. The van der Waals surface area contributed by atoms with Gasteiger partial charge in [-0.2, -0.15) is 0 Å². The number of methoxy groups -OCH3 is 1. The highest BCUT2D eigenvalue weighted by molar-refractivity contribution is 6.03. The zero-order valence-corrected chi connectivity index (χ0v) is 12.7. The second kappa shape index (κ2) is 6.48. The summed E-state index contributed by atoms with van der Waals surface area (Å²) < 4.78 is 4.98. The maximum absolute atomic E-state index is 12.3. The van der Waals surface area contributed by atoms with Crippen LogP contribution in [0, 0.1) is 5.92 Å². The summed E-state index contributed by atoms with van der Waals surface area (Å²) in [6.45, 7) is 0.387. The highest BCUT2D eigenvalue weighted by atomic mass is 16.5. The lowest BCUT2D eigenvalue weighted by atomic mass is 10.1.